The first kappa shape index (κ1) is 22.6. The molecule has 1 amide bonds. The Morgan fingerprint density at radius 1 is 0.917 bits per heavy atom. The maximum Gasteiger partial charge on any atom is 0.300 e. The lowest BCUT2D eigenvalue weighted by Gasteiger charge is -2.23. The van der Waals surface area contributed by atoms with E-state index < -0.39 is 28.4 Å². The molecule has 1 aromatic heterocycles. The van der Waals surface area contributed by atoms with Crippen molar-refractivity contribution in [3.05, 3.63) is 124 Å². The number of furan rings is 1. The Labute approximate surface area is 205 Å². The summed E-state index contributed by atoms with van der Waals surface area (Å²) < 4.78 is 5.53. The fourth-order valence-electron chi connectivity index (χ4n) is 4.13. The van der Waals surface area contributed by atoms with E-state index in [0.717, 1.165) is 17.4 Å². The van der Waals surface area contributed by atoms with E-state index in [1.54, 1.807) is 36.4 Å². The van der Waals surface area contributed by atoms with E-state index in [4.69, 9.17) is 4.42 Å². The van der Waals surface area contributed by atoms with Crippen LogP contribution in [-0.4, -0.2) is 21.7 Å². The van der Waals surface area contributed by atoms with Gasteiger partial charge in [0.2, 0.25) is 0 Å². The van der Waals surface area contributed by atoms with E-state index in [9.17, 15) is 24.8 Å². The number of rotatable bonds is 6. The minimum Gasteiger partial charge on any atom is -0.507 e. The van der Waals surface area contributed by atoms with Gasteiger partial charge in [0.05, 0.1) is 16.8 Å². The number of hydrogen-bond donors (Lipinski definition) is 2. The normalized spacial score (nSPS) is 16.8. The first-order valence-electron chi connectivity index (χ1n) is 11.0. The number of non-ortho nitro benzene ring substituents is 1. The topological polar surface area (TPSA) is 126 Å². The highest BCUT2D eigenvalue weighted by molar-refractivity contribution is 6.51. The Bertz CT molecular complexity index is 1480. The number of carbonyl (C=O) groups excluding carboxylic acids is 2. The van der Waals surface area contributed by atoms with Gasteiger partial charge in [0.1, 0.15) is 17.6 Å². The van der Waals surface area contributed by atoms with Gasteiger partial charge in [0, 0.05) is 34.8 Å². The van der Waals surface area contributed by atoms with Gasteiger partial charge in [-0.2, -0.15) is 0 Å². The number of aliphatic hydroxyl groups excluding tert-OH is 1. The smallest absolute Gasteiger partial charge is 0.300 e. The molecule has 0 radical (unpaired) electrons. The molecule has 1 aliphatic heterocycles. The Hall–Kier alpha value is -5.18. The molecule has 1 saturated heterocycles. The molecule has 0 aliphatic carbocycles. The van der Waals surface area contributed by atoms with Crippen LogP contribution in [0.2, 0.25) is 0 Å². The number of Topliss-reactive ketones (excluding diaryl/α,β-unsaturated/α-hetero) is 1. The van der Waals surface area contributed by atoms with Crippen molar-refractivity contribution < 1.29 is 24.0 Å². The third-order valence-electron chi connectivity index (χ3n) is 5.80. The molecule has 1 aliphatic rings. The molecule has 2 N–H and O–H groups in total. The summed E-state index contributed by atoms with van der Waals surface area (Å²) in [5.41, 5.74) is 1.63. The first-order chi connectivity index (χ1) is 17.4. The average Bonchev–Trinajstić information content (AvgIpc) is 3.52. The third kappa shape index (κ3) is 4.09. The molecule has 0 spiro atoms. The zero-order chi connectivity index (χ0) is 25.2. The molecule has 5 rings (SSSR count). The molecule has 0 saturated carbocycles. The second kappa shape index (κ2) is 9.22. The van der Waals surface area contributed by atoms with Crippen LogP contribution in [0.25, 0.3) is 5.76 Å². The number of benzene rings is 3. The van der Waals surface area contributed by atoms with Crippen LogP contribution in [-0.2, 0) is 9.59 Å². The van der Waals surface area contributed by atoms with Crippen LogP contribution in [0.5, 0.6) is 0 Å². The van der Waals surface area contributed by atoms with Crippen LogP contribution in [0.3, 0.4) is 0 Å². The van der Waals surface area contributed by atoms with E-state index in [1.807, 2.05) is 30.3 Å². The van der Waals surface area contributed by atoms with Crippen LogP contribution in [0, 0.1) is 10.1 Å². The lowest BCUT2D eigenvalue weighted by Crippen LogP contribution is -2.29. The van der Waals surface area contributed by atoms with Crippen molar-refractivity contribution in [1.82, 2.24) is 0 Å². The SMILES string of the molecule is O=C1C(=O)N(c2ccc(Nc3ccccc3)cc2)C(c2ccco2)/C1=C(/O)c1cccc([N+](=O)[O-])c1. The number of nitrogens with zero attached hydrogens (tertiary/aromatic N) is 2. The van der Waals surface area contributed by atoms with Gasteiger partial charge in [-0.3, -0.25) is 24.6 Å². The van der Waals surface area contributed by atoms with Crippen LogP contribution in [0.15, 0.2) is 107 Å². The molecule has 1 atom stereocenters. The summed E-state index contributed by atoms with van der Waals surface area (Å²) in [6.45, 7) is 0. The van der Waals surface area contributed by atoms with Gasteiger partial charge in [-0.05, 0) is 48.5 Å². The fraction of sp³-hybridized carbons (Fsp3) is 0.0370. The number of aliphatic hydroxyl groups is 1. The summed E-state index contributed by atoms with van der Waals surface area (Å²) in [5, 5.41) is 25.5. The lowest BCUT2D eigenvalue weighted by molar-refractivity contribution is -0.384. The molecule has 1 unspecified atom stereocenters. The predicted molar refractivity (Wildman–Crippen MR) is 133 cm³/mol. The van der Waals surface area contributed by atoms with E-state index in [0.29, 0.717) is 5.69 Å². The van der Waals surface area contributed by atoms with Crippen molar-refractivity contribution in [3.63, 3.8) is 0 Å². The molecule has 4 aromatic rings. The lowest BCUT2D eigenvalue weighted by atomic mass is 9.99. The maximum atomic E-state index is 13.2. The van der Waals surface area contributed by atoms with E-state index >= 15 is 0 Å². The van der Waals surface area contributed by atoms with E-state index in [-0.39, 0.29) is 22.6 Å². The predicted octanol–water partition coefficient (Wildman–Crippen LogP) is 5.56. The van der Waals surface area contributed by atoms with Crippen molar-refractivity contribution >= 4 is 40.2 Å². The molecule has 9 heteroatoms. The average molecular weight is 481 g/mol. The Balaban J connectivity index is 1.56. The second-order valence-electron chi connectivity index (χ2n) is 8.03. The fourth-order valence-corrected chi connectivity index (χ4v) is 4.13. The molecular formula is C27H19N3O6. The van der Waals surface area contributed by atoms with Gasteiger partial charge in [0.15, 0.2) is 0 Å². The van der Waals surface area contributed by atoms with Gasteiger partial charge >= 0.3 is 0 Å². The molecule has 178 valence electrons. The van der Waals surface area contributed by atoms with Gasteiger partial charge in [-0.15, -0.1) is 0 Å². The molecule has 0 bridgehead atoms. The Kier molecular flexibility index (Phi) is 5.79. The molecule has 2 heterocycles. The van der Waals surface area contributed by atoms with Gasteiger partial charge < -0.3 is 14.8 Å². The minimum atomic E-state index is -1.06. The van der Waals surface area contributed by atoms with E-state index in [2.05, 4.69) is 5.32 Å². The van der Waals surface area contributed by atoms with Crippen molar-refractivity contribution in [1.29, 1.82) is 0 Å². The third-order valence-corrected chi connectivity index (χ3v) is 5.80. The first-order valence-corrected chi connectivity index (χ1v) is 11.0. The monoisotopic (exact) mass is 481 g/mol. The zero-order valence-electron chi connectivity index (χ0n) is 18.7. The Morgan fingerprint density at radius 3 is 2.31 bits per heavy atom. The van der Waals surface area contributed by atoms with Gasteiger partial charge in [-0.1, -0.05) is 30.3 Å². The zero-order valence-corrected chi connectivity index (χ0v) is 18.7. The quantitative estimate of drug-likeness (QED) is 0.121. The second-order valence-corrected chi connectivity index (χ2v) is 8.03. The van der Waals surface area contributed by atoms with Crippen LogP contribution in [0.1, 0.15) is 17.4 Å². The number of carbonyl (C=O) groups is 2. The molecule has 9 nitrogen and oxygen atoms in total. The van der Waals surface area contributed by atoms with Crippen molar-refractivity contribution in [2.24, 2.45) is 0 Å². The minimum absolute atomic E-state index is 0.0427. The summed E-state index contributed by atoms with van der Waals surface area (Å²) in [7, 11) is 0. The summed E-state index contributed by atoms with van der Waals surface area (Å²) in [6.07, 6.45) is 1.40. The molecular weight excluding hydrogens is 462 g/mol. The number of nitro benzene ring substituents is 1. The maximum absolute atomic E-state index is 13.2. The van der Waals surface area contributed by atoms with Crippen molar-refractivity contribution in [2.75, 3.05) is 10.2 Å². The summed E-state index contributed by atoms with van der Waals surface area (Å²) in [6, 6.07) is 23.8. The summed E-state index contributed by atoms with van der Waals surface area (Å²) >= 11 is 0. The van der Waals surface area contributed by atoms with Crippen molar-refractivity contribution in [2.45, 2.75) is 6.04 Å². The summed E-state index contributed by atoms with van der Waals surface area (Å²) in [5.74, 6) is -2.05. The largest absolute Gasteiger partial charge is 0.507 e. The molecule has 1 fully saturated rings. The van der Waals surface area contributed by atoms with E-state index in [1.165, 1.54) is 29.4 Å². The number of nitro groups is 1. The van der Waals surface area contributed by atoms with Crippen LogP contribution in [0.4, 0.5) is 22.7 Å². The number of ketones is 1. The highest BCUT2D eigenvalue weighted by Crippen LogP contribution is 2.42. The summed E-state index contributed by atoms with van der Waals surface area (Å²) in [4.78, 5) is 38.2. The highest BCUT2D eigenvalue weighted by Gasteiger charge is 2.48. The number of para-hydroxylation sites is 1. The van der Waals surface area contributed by atoms with Crippen molar-refractivity contribution in [3.8, 4) is 0 Å². The highest BCUT2D eigenvalue weighted by atomic mass is 16.6. The standard InChI is InChI=1S/C27H19N3O6/c31-25(17-6-4-9-21(16-17)30(34)35)23-24(22-10-5-15-36-22)29(27(33)26(23)32)20-13-11-19(12-14-20)28-18-7-2-1-3-8-18/h1-16,24,28,31H/b25-23-. The molecule has 36 heavy (non-hydrogen) atoms. The van der Waals surface area contributed by atoms with Crippen LogP contribution >= 0.6 is 0 Å². The number of amides is 1. The van der Waals surface area contributed by atoms with Gasteiger partial charge in [-0.25, -0.2) is 0 Å². The Morgan fingerprint density at radius 2 is 1.64 bits per heavy atom. The number of anilines is 3. The van der Waals surface area contributed by atoms with Crippen LogP contribution < -0.4 is 10.2 Å². The number of hydrogen-bond acceptors (Lipinski definition) is 7. The number of nitrogens with one attached hydrogen (secondary N) is 1. The molecule has 3 aromatic carbocycles. The van der Waals surface area contributed by atoms with Gasteiger partial charge in [0.25, 0.3) is 17.4 Å².